The fourth-order valence-corrected chi connectivity index (χ4v) is 2.93. The SMILES string of the molecule is CC(C)(C)CC(C)(C)CC(C)(C)C. The largest absolute Gasteiger partial charge is 0.0602 e. The fourth-order valence-electron chi connectivity index (χ4n) is 2.93. The van der Waals surface area contributed by atoms with Crippen LogP contribution in [-0.4, -0.2) is 0 Å². The second kappa shape index (κ2) is 3.63. The Labute approximate surface area is 85.1 Å². The normalized spacial score (nSPS) is 14.8. The molecule has 0 aromatic rings. The third kappa shape index (κ3) is 8.33. The molecule has 0 aromatic carbocycles. The van der Waals surface area contributed by atoms with E-state index >= 15 is 0 Å². The maximum atomic E-state index is 2.39. The van der Waals surface area contributed by atoms with E-state index in [2.05, 4.69) is 55.4 Å². The molecule has 0 fully saturated rings. The van der Waals surface area contributed by atoms with Crippen LogP contribution in [0.3, 0.4) is 0 Å². The highest BCUT2D eigenvalue weighted by Crippen LogP contribution is 2.41. The molecule has 0 aliphatic heterocycles. The minimum atomic E-state index is 0.453. The summed E-state index contributed by atoms with van der Waals surface area (Å²) in [5.74, 6) is 0. The summed E-state index contributed by atoms with van der Waals surface area (Å²) in [6.45, 7) is 18.8. The van der Waals surface area contributed by atoms with E-state index in [1.165, 1.54) is 12.8 Å². The van der Waals surface area contributed by atoms with Gasteiger partial charge in [0.05, 0.1) is 0 Å². The maximum absolute atomic E-state index is 2.39. The monoisotopic (exact) mass is 184 g/mol. The van der Waals surface area contributed by atoms with E-state index in [1.54, 1.807) is 0 Å². The summed E-state index contributed by atoms with van der Waals surface area (Å²) >= 11 is 0. The van der Waals surface area contributed by atoms with Crippen LogP contribution in [0.25, 0.3) is 0 Å². The van der Waals surface area contributed by atoms with E-state index in [0.29, 0.717) is 16.2 Å². The number of hydrogen-bond acceptors (Lipinski definition) is 0. The first-order chi connectivity index (χ1) is 5.41. The Hall–Kier alpha value is 0. The molecule has 0 heterocycles. The lowest BCUT2D eigenvalue weighted by molar-refractivity contribution is 0.143. The summed E-state index contributed by atoms with van der Waals surface area (Å²) in [7, 11) is 0. The molecule has 0 aliphatic rings. The van der Waals surface area contributed by atoms with Gasteiger partial charge in [0.2, 0.25) is 0 Å². The summed E-state index contributed by atoms with van der Waals surface area (Å²) in [5.41, 5.74) is 1.38. The van der Waals surface area contributed by atoms with Crippen molar-refractivity contribution < 1.29 is 0 Å². The average molecular weight is 184 g/mol. The average Bonchev–Trinajstić information content (AvgIpc) is 1.43. The fraction of sp³-hybridized carbons (Fsp3) is 1.00. The Morgan fingerprint density at radius 3 is 0.923 bits per heavy atom. The van der Waals surface area contributed by atoms with Crippen LogP contribution in [0.15, 0.2) is 0 Å². The van der Waals surface area contributed by atoms with Gasteiger partial charge in [-0.1, -0.05) is 55.4 Å². The molecule has 0 aromatic heterocycles. The molecule has 0 bridgehead atoms. The Bertz CT molecular complexity index is 132. The van der Waals surface area contributed by atoms with E-state index in [9.17, 15) is 0 Å². The lowest BCUT2D eigenvalue weighted by Crippen LogP contribution is -2.25. The Balaban J connectivity index is 4.25. The van der Waals surface area contributed by atoms with Gasteiger partial charge >= 0.3 is 0 Å². The van der Waals surface area contributed by atoms with Crippen molar-refractivity contribution >= 4 is 0 Å². The molecule has 0 nitrogen and oxygen atoms in total. The predicted molar refractivity (Wildman–Crippen MR) is 61.9 cm³/mol. The van der Waals surface area contributed by atoms with Crippen molar-refractivity contribution in [2.45, 2.75) is 68.2 Å². The van der Waals surface area contributed by atoms with Crippen LogP contribution >= 0.6 is 0 Å². The molecule has 0 saturated carbocycles. The van der Waals surface area contributed by atoms with E-state index in [4.69, 9.17) is 0 Å². The number of rotatable bonds is 2. The topological polar surface area (TPSA) is 0 Å². The van der Waals surface area contributed by atoms with Crippen LogP contribution in [0, 0.1) is 16.2 Å². The van der Waals surface area contributed by atoms with Crippen molar-refractivity contribution in [3.63, 3.8) is 0 Å². The van der Waals surface area contributed by atoms with E-state index < -0.39 is 0 Å². The van der Waals surface area contributed by atoms with Crippen molar-refractivity contribution in [1.82, 2.24) is 0 Å². The van der Waals surface area contributed by atoms with Gasteiger partial charge in [0.25, 0.3) is 0 Å². The lowest BCUT2D eigenvalue weighted by Gasteiger charge is -2.37. The molecule has 0 heteroatoms. The molecular weight excluding hydrogens is 156 g/mol. The van der Waals surface area contributed by atoms with Crippen LogP contribution in [-0.2, 0) is 0 Å². The van der Waals surface area contributed by atoms with Crippen LogP contribution < -0.4 is 0 Å². The molecule has 0 N–H and O–H groups in total. The first-order valence-corrected chi connectivity index (χ1v) is 5.41. The minimum absolute atomic E-state index is 0.453. The maximum Gasteiger partial charge on any atom is -0.0344 e. The van der Waals surface area contributed by atoms with Gasteiger partial charge in [0.15, 0.2) is 0 Å². The quantitative estimate of drug-likeness (QED) is 0.573. The summed E-state index contributed by atoms with van der Waals surface area (Å²) < 4.78 is 0. The Morgan fingerprint density at radius 1 is 0.538 bits per heavy atom. The van der Waals surface area contributed by atoms with Crippen LogP contribution in [0.2, 0.25) is 0 Å². The van der Waals surface area contributed by atoms with Crippen LogP contribution in [0.5, 0.6) is 0 Å². The highest BCUT2D eigenvalue weighted by molar-refractivity contribution is 4.80. The second-order valence-corrected chi connectivity index (χ2v) is 7.64. The van der Waals surface area contributed by atoms with Crippen molar-refractivity contribution in [3.8, 4) is 0 Å². The highest BCUT2D eigenvalue weighted by Gasteiger charge is 2.29. The van der Waals surface area contributed by atoms with Gasteiger partial charge in [0.1, 0.15) is 0 Å². The Morgan fingerprint density at radius 2 is 0.769 bits per heavy atom. The van der Waals surface area contributed by atoms with Gasteiger partial charge < -0.3 is 0 Å². The standard InChI is InChI=1S/C13H28/c1-11(2,3)9-13(7,8)10-12(4,5)6/h9-10H2,1-8H3. The van der Waals surface area contributed by atoms with E-state index in [1.807, 2.05) is 0 Å². The van der Waals surface area contributed by atoms with Crippen LogP contribution in [0.1, 0.15) is 68.2 Å². The molecule has 0 aliphatic carbocycles. The molecular formula is C13H28. The molecule has 80 valence electrons. The van der Waals surface area contributed by atoms with Crippen molar-refractivity contribution in [2.75, 3.05) is 0 Å². The van der Waals surface area contributed by atoms with Gasteiger partial charge in [-0.05, 0) is 29.1 Å². The molecule has 13 heavy (non-hydrogen) atoms. The zero-order chi connectivity index (χ0) is 10.9. The molecule has 0 rings (SSSR count). The van der Waals surface area contributed by atoms with Gasteiger partial charge in [0, 0.05) is 0 Å². The zero-order valence-electron chi connectivity index (χ0n) is 10.9. The van der Waals surface area contributed by atoms with Gasteiger partial charge in [-0.2, -0.15) is 0 Å². The third-order valence-corrected chi connectivity index (χ3v) is 2.02. The summed E-state index contributed by atoms with van der Waals surface area (Å²) in [5, 5.41) is 0. The number of hydrogen-bond donors (Lipinski definition) is 0. The summed E-state index contributed by atoms with van der Waals surface area (Å²) in [6.07, 6.45) is 2.61. The lowest BCUT2D eigenvalue weighted by atomic mass is 9.69. The summed E-state index contributed by atoms with van der Waals surface area (Å²) in [6, 6.07) is 0. The zero-order valence-corrected chi connectivity index (χ0v) is 10.9. The van der Waals surface area contributed by atoms with E-state index in [-0.39, 0.29) is 0 Å². The first kappa shape index (κ1) is 13.0. The second-order valence-electron chi connectivity index (χ2n) is 7.64. The first-order valence-electron chi connectivity index (χ1n) is 5.41. The predicted octanol–water partition coefficient (Wildman–Crippen LogP) is 4.89. The molecule has 0 saturated heterocycles. The molecule has 0 unspecified atom stereocenters. The van der Waals surface area contributed by atoms with Crippen LogP contribution in [0.4, 0.5) is 0 Å². The van der Waals surface area contributed by atoms with Gasteiger partial charge in [-0.25, -0.2) is 0 Å². The molecule has 0 amide bonds. The van der Waals surface area contributed by atoms with Crippen molar-refractivity contribution in [3.05, 3.63) is 0 Å². The third-order valence-electron chi connectivity index (χ3n) is 2.02. The van der Waals surface area contributed by atoms with Gasteiger partial charge in [-0.15, -0.1) is 0 Å². The van der Waals surface area contributed by atoms with Gasteiger partial charge in [-0.3, -0.25) is 0 Å². The molecule has 0 radical (unpaired) electrons. The Kier molecular flexibility index (Phi) is 3.63. The molecule has 0 atom stereocenters. The minimum Gasteiger partial charge on any atom is -0.0602 e. The highest BCUT2D eigenvalue weighted by atomic mass is 14.3. The van der Waals surface area contributed by atoms with E-state index in [0.717, 1.165) is 0 Å². The summed E-state index contributed by atoms with van der Waals surface area (Å²) in [4.78, 5) is 0. The molecule has 0 spiro atoms. The smallest absolute Gasteiger partial charge is 0.0344 e. The van der Waals surface area contributed by atoms with Crippen molar-refractivity contribution in [2.24, 2.45) is 16.2 Å². The van der Waals surface area contributed by atoms with Crippen molar-refractivity contribution in [1.29, 1.82) is 0 Å².